The Morgan fingerprint density at radius 2 is 1.68 bits per heavy atom. The fourth-order valence-corrected chi connectivity index (χ4v) is 2.79. The van der Waals surface area contributed by atoms with E-state index in [-0.39, 0.29) is 6.61 Å². The van der Waals surface area contributed by atoms with Crippen molar-refractivity contribution in [2.75, 3.05) is 6.61 Å². The molecule has 0 aromatic heterocycles. The van der Waals surface area contributed by atoms with Crippen molar-refractivity contribution < 1.29 is 19.1 Å². The van der Waals surface area contributed by atoms with Gasteiger partial charge in [0.25, 0.3) is 5.91 Å². The second-order valence-corrected chi connectivity index (χ2v) is 6.77. The first kappa shape index (κ1) is 18.8. The van der Waals surface area contributed by atoms with E-state index in [1.807, 2.05) is 32.9 Å². The van der Waals surface area contributed by atoms with Crippen LogP contribution in [0.15, 0.2) is 24.3 Å². The number of esters is 1. The Bertz CT molecular complexity index is 669. The number of hydrogen-bond acceptors (Lipinski definition) is 4. The largest absolute Gasteiger partial charge is 0.464 e. The Kier molecular flexibility index (Phi) is 5.35. The van der Waals surface area contributed by atoms with Crippen LogP contribution in [0, 0.1) is 5.41 Å². The summed E-state index contributed by atoms with van der Waals surface area (Å²) in [5.74, 6) is -0.894. The van der Waals surface area contributed by atoms with Gasteiger partial charge in [0.1, 0.15) is 5.54 Å². The maximum atomic E-state index is 12.1. The van der Waals surface area contributed by atoms with Crippen LogP contribution in [0.3, 0.4) is 0 Å². The Balaban J connectivity index is 1.91. The van der Waals surface area contributed by atoms with Crippen LogP contribution in [0.25, 0.3) is 0 Å². The molecule has 2 rings (SSSR count). The number of ether oxygens (including phenoxy) is 1. The average Bonchev–Trinajstić information content (AvgIpc) is 3.14. The van der Waals surface area contributed by atoms with Crippen molar-refractivity contribution in [3.63, 3.8) is 0 Å². The van der Waals surface area contributed by atoms with Crippen molar-refractivity contribution in [3.05, 3.63) is 35.4 Å². The summed E-state index contributed by atoms with van der Waals surface area (Å²) < 4.78 is 5.05. The van der Waals surface area contributed by atoms with E-state index in [1.54, 1.807) is 19.1 Å². The first-order valence-electron chi connectivity index (χ1n) is 8.40. The zero-order valence-corrected chi connectivity index (χ0v) is 15.1. The molecule has 0 heterocycles. The van der Waals surface area contributed by atoms with Crippen LogP contribution in [0.2, 0.25) is 0 Å². The molecule has 1 saturated carbocycles. The van der Waals surface area contributed by atoms with Crippen LogP contribution in [0.1, 0.15) is 50.0 Å². The molecule has 7 heteroatoms. The molecule has 1 aromatic carbocycles. The summed E-state index contributed by atoms with van der Waals surface area (Å²) >= 11 is 0. The average molecular weight is 347 g/mol. The highest BCUT2D eigenvalue weighted by Gasteiger charge is 2.68. The second-order valence-electron chi connectivity index (χ2n) is 6.77. The summed E-state index contributed by atoms with van der Waals surface area (Å²) in [6.45, 7) is 7.73. The predicted octanol–water partition coefficient (Wildman–Crippen LogP) is 1.92. The van der Waals surface area contributed by atoms with Gasteiger partial charge in [-0.2, -0.15) is 0 Å². The highest BCUT2D eigenvalue weighted by atomic mass is 16.5. The highest BCUT2D eigenvalue weighted by molar-refractivity contribution is 5.96. The van der Waals surface area contributed by atoms with E-state index in [0.717, 1.165) is 12.0 Å². The minimum Gasteiger partial charge on any atom is -0.464 e. The smallest absolute Gasteiger partial charge is 0.334 e. The normalized spacial score (nSPS) is 20.3. The van der Waals surface area contributed by atoms with E-state index in [2.05, 4.69) is 16.2 Å². The van der Waals surface area contributed by atoms with E-state index in [4.69, 9.17) is 4.74 Å². The molecule has 1 unspecified atom stereocenters. The summed E-state index contributed by atoms with van der Waals surface area (Å²) in [7, 11) is 0. The van der Waals surface area contributed by atoms with E-state index in [0.29, 0.717) is 12.0 Å². The van der Waals surface area contributed by atoms with Gasteiger partial charge in [0, 0.05) is 11.0 Å². The number of urea groups is 1. The van der Waals surface area contributed by atoms with Gasteiger partial charge >= 0.3 is 12.0 Å². The molecule has 25 heavy (non-hydrogen) atoms. The number of carbonyl (C=O) groups excluding carboxylic acids is 3. The van der Waals surface area contributed by atoms with Gasteiger partial charge in [0.05, 0.1) is 6.61 Å². The number of amides is 3. The molecule has 1 fully saturated rings. The molecule has 1 atom stereocenters. The first-order chi connectivity index (χ1) is 11.8. The third kappa shape index (κ3) is 3.92. The zero-order valence-electron chi connectivity index (χ0n) is 15.1. The lowest BCUT2D eigenvalue weighted by atomic mass is 10.1. The fraction of sp³-hybridized carbons (Fsp3) is 0.500. The van der Waals surface area contributed by atoms with Crippen LogP contribution in [0.5, 0.6) is 0 Å². The number of carbonyl (C=O) groups is 3. The summed E-state index contributed by atoms with van der Waals surface area (Å²) in [4.78, 5) is 36.3. The molecule has 0 aliphatic heterocycles. The quantitative estimate of drug-likeness (QED) is 0.560. The molecule has 3 N–H and O–H groups in total. The van der Waals surface area contributed by atoms with E-state index in [9.17, 15) is 14.4 Å². The summed E-state index contributed by atoms with van der Waals surface area (Å²) in [5, 5.41) is 2.63. The molecule has 1 aliphatic rings. The second kappa shape index (κ2) is 7.13. The van der Waals surface area contributed by atoms with Gasteiger partial charge in [0.2, 0.25) is 0 Å². The zero-order chi connectivity index (χ0) is 18.7. The topological polar surface area (TPSA) is 96.5 Å². The minimum atomic E-state index is -1.05. The molecule has 1 aromatic rings. The van der Waals surface area contributed by atoms with Gasteiger partial charge in [-0.05, 0) is 37.5 Å². The molecule has 136 valence electrons. The van der Waals surface area contributed by atoms with Gasteiger partial charge < -0.3 is 10.1 Å². The highest BCUT2D eigenvalue weighted by Crippen LogP contribution is 2.56. The van der Waals surface area contributed by atoms with Crippen LogP contribution >= 0.6 is 0 Å². The van der Waals surface area contributed by atoms with Crippen LogP contribution in [-0.2, 0) is 16.0 Å². The van der Waals surface area contributed by atoms with Crippen molar-refractivity contribution >= 4 is 17.9 Å². The van der Waals surface area contributed by atoms with Crippen molar-refractivity contribution in [1.82, 2.24) is 16.2 Å². The van der Waals surface area contributed by atoms with Gasteiger partial charge in [-0.1, -0.05) is 32.9 Å². The molecule has 0 saturated heterocycles. The van der Waals surface area contributed by atoms with Crippen molar-refractivity contribution in [2.45, 2.75) is 46.1 Å². The summed E-state index contributed by atoms with van der Waals surface area (Å²) in [6, 6.07) is 6.45. The molecule has 0 radical (unpaired) electrons. The molecule has 3 amide bonds. The van der Waals surface area contributed by atoms with Crippen LogP contribution in [-0.4, -0.2) is 30.1 Å². The van der Waals surface area contributed by atoms with Crippen molar-refractivity contribution in [3.8, 4) is 0 Å². The maximum absolute atomic E-state index is 12.1. The lowest BCUT2D eigenvalue weighted by molar-refractivity contribution is -0.147. The van der Waals surface area contributed by atoms with E-state index < -0.39 is 28.9 Å². The predicted molar refractivity (Wildman–Crippen MR) is 92.7 cm³/mol. The Morgan fingerprint density at radius 1 is 1.08 bits per heavy atom. The first-order valence-corrected chi connectivity index (χ1v) is 8.40. The summed E-state index contributed by atoms with van der Waals surface area (Å²) in [5.41, 5.74) is 4.72. The third-order valence-corrected chi connectivity index (χ3v) is 4.60. The van der Waals surface area contributed by atoms with Gasteiger partial charge in [-0.3, -0.25) is 10.2 Å². The third-order valence-electron chi connectivity index (χ3n) is 4.60. The SMILES string of the molecule is CCOC(=O)C1(NC(=O)NNC(=O)c2ccc(CC)cc2)CC1(C)C. The lowest BCUT2D eigenvalue weighted by Gasteiger charge is -2.20. The van der Waals surface area contributed by atoms with Crippen molar-refractivity contribution in [1.29, 1.82) is 0 Å². The van der Waals surface area contributed by atoms with E-state index in [1.165, 1.54) is 0 Å². The molecule has 7 nitrogen and oxygen atoms in total. The molecular formula is C18H25N3O4. The van der Waals surface area contributed by atoms with Gasteiger partial charge in [-0.25, -0.2) is 15.0 Å². The number of nitrogens with one attached hydrogen (secondary N) is 3. The number of aryl methyl sites for hydroxylation is 1. The Morgan fingerprint density at radius 3 is 2.16 bits per heavy atom. The van der Waals surface area contributed by atoms with Crippen LogP contribution in [0.4, 0.5) is 4.79 Å². The number of hydrogen-bond donors (Lipinski definition) is 3. The number of benzene rings is 1. The monoisotopic (exact) mass is 347 g/mol. The summed E-state index contributed by atoms with van der Waals surface area (Å²) in [6.07, 6.45) is 1.37. The number of hydrazine groups is 1. The van der Waals surface area contributed by atoms with Crippen molar-refractivity contribution in [2.24, 2.45) is 5.41 Å². The Hall–Kier alpha value is -2.57. The number of rotatable bonds is 5. The lowest BCUT2D eigenvalue weighted by Crippen LogP contribution is -2.55. The fourth-order valence-electron chi connectivity index (χ4n) is 2.79. The Labute approximate surface area is 147 Å². The van der Waals surface area contributed by atoms with E-state index >= 15 is 0 Å². The van der Waals surface area contributed by atoms with Gasteiger partial charge in [-0.15, -0.1) is 0 Å². The standard InChI is InChI=1S/C18H25N3O4/c1-5-12-7-9-13(10-8-12)14(22)20-21-16(24)19-18(11-17(18,3)4)15(23)25-6-2/h7-10H,5-6,11H2,1-4H3,(H,20,22)(H2,19,21,24). The molecule has 0 bridgehead atoms. The van der Waals surface area contributed by atoms with Gasteiger partial charge in [0.15, 0.2) is 0 Å². The maximum Gasteiger partial charge on any atom is 0.334 e. The van der Waals surface area contributed by atoms with Crippen LogP contribution < -0.4 is 16.2 Å². The molecule has 0 spiro atoms. The molecular weight excluding hydrogens is 322 g/mol. The minimum absolute atomic E-state index is 0.241. The molecule has 1 aliphatic carbocycles.